The van der Waals surface area contributed by atoms with Gasteiger partial charge in [0, 0.05) is 85.9 Å². The van der Waals surface area contributed by atoms with Gasteiger partial charge in [0.1, 0.15) is 11.0 Å². The molecule has 1 aliphatic rings. The second-order valence-corrected chi connectivity index (χ2v) is 11.9. The Morgan fingerprint density at radius 1 is 0.818 bits per heavy atom. The molecule has 3 aromatic heterocycles. The number of halogens is 1. The van der Waals surface area contributed by atoms with E-state index in [-0.39, 0.29) is 6.10 Å². The van der Waals surface area contributed by atoms with Gasteiger partial charge < -0.3 is 43.7 Å². The van der Waals surface area contributed by atoms with Gasteiger partial charge in [-0.25, -0.2) is 15.0 Å². The number of fused-ring (bicyclic) bond motifs is 1. The van der Waals surface area contributed by atoms with Crippen LogP contribution in [-0.4, -0.2) is 132 Å². The van der Waals surface area contributed by atoms with E-state index >= 15 is 0 Å². The number of piperidine rings is 1. The summed E-state index contributed by atoms with van der Waals surface area (Å²) in [5.74, 6) is 2.44. The van der Waals surface area contributed by atoms with Crippen molar-refractivity contribution >= 4 is 57.5 Å². The lowest BCUT2D eigenvalue weighted by atomic mass is 10.1. The Kier molecular flexibility index (Phi) is 13.8. The lowest BCUT2D eigenvalue weighted by Crippen LogP contribution is -2.38. The van der Waals surface area contributed by atoms with Crippen LogP contribution in [0.15, 0.2) is 6.20 Å². The zero-order chi connectivity index (χ0) is 31.3. The van der Waals surface area contributed by atoms with Crippen molar-refractivity contribution in [1.82, 2.24) is 24.9 Å². The van der Waals surface area contributed by atoms with Crippen LogP contribution in [0.4, 0.5) is 23.5 Å². The number of thiazole rings is 1. The lowest BCUT2D eigenvalue weighted by Gasteiger charge is -2.33. The second kappa shape index (κ2) is 17.7. The molecule has 0 bridgehead atoms. The molecule has 1 saturated heterocycles. The molecule has 1 aliphatic heterocycles. The van der Waals surface area contributed by atoms with Crippen molar-refractivity contribution in [2.75, 3.05) is 121 Å². The fraction of sp³-hybridized carbons (Fsp3) is 0.679. The quantitative estimate of drug-likeness (QED) is 0.203. The van der Waals surface area contributed by atoms with Crippen LogP contribution in [-0.2, 0) is 30.2 Å². The normalized spacial score (nSPS) is 14.0. The summed E-state index contributed by atoms with van der Waals surface area (Å²) < 4.78 is 27.8. The minimum atomic E-state index is 0.214. The molecule has 0 amide bonds. The molecule has 0 spiro atoms. The Balaban J connectivity index is 1.88. The molecule has 4 rings (SSSR count). The van der Waals surface area contributed by atoms with E-state index in [4.69, 9.17) is 55.2 Å². The van der Waals surface area contributed by atoms with Crippen LogP contribution < -0.4 is 20.0 Å². The maximum absolute atomic E-state index is 6.13. The first-order valence-corrected chi connectivity index (χ1v) is 15.9. The van der Waals surface area contributed by atoms with Gasteiger partial charge in [-0.05, 0) is 12.8 Å². The smallest absolute Gasteiger partial charge is 0.228 e. The maximum atomic E-state index is 6.13. The summed E-state index contributed by atoms with van der Waals surface area (Å²) in [5, 5.41) is 3.50. The van der Waals surface area contributed by atoms with E-state index in [1.807, 2.05) is 0 Å². The SMILES string of the molecule is COCCN(CCOC)c1nc(N2CCC(OC)CC2)c2nc(N(CCOC)CCOC)nc(NCc3cnc(Cl)s3)c2n1. The first kappa shape index (κ1) is 34.2. The molecule has 244 valence electrons. The van der Waals surface area contributed by atoms with Gasteiger partial charge in [0.25, 0.3) is 0 Å². The summed E-state index contributed by atoms with van der Waals surface area (Å²) in [4.78, 5) is 31.9. The van der Waals surface area contributed by atoms with E-state index in [1.54, 1.807) is 41.7 Å². The van der Waals surface area contributed by atoms with Crippen molar-refractivity contribution < 1.29 is 23.7 Å². The minimum Gasteiger partial charge on any atom is -0.383 e. The minimum absolute atomic E-state index is 0.214. The third-order valence-electron chi connectivity index (χ3n) is 7.36. The van der Waals surface area contributed by atoms with Crippen LogP contribution in [0.3, 0.4) is 0 Å². The van der Waals surface area contributed by atoms with Crippen LogP contribution in [0.25, 0.3) is 11.0 Å². The van der Waals surface area contributed by atoms with Gasteiger partial charge in [0.2, 0.25) is 11.9 Å². The van der Waals surface area contributed by atoms with Crippen LogP contribution in [0.1, 0.15) is 17.7 Å². The number of ether oxygens (including phenoxy) is 5. The van der Waals surface area contributed by atoms with Crippen LogP contribution in [0, 0.1) is 0 Å². The zero-order valence-electron chi connectivity index (χ0n) is 26.3. The Hall–Kier alpha value is -2.66. The molecule has 1 fully saturated rings. The molecule has 0 radical (unpaired) electrons. The number of rotatable bonds is 19. The number of anilines is 4. The summed E-state index contributed by atoms with van der Waals surface area (Å²) in [6.07, 6.45) is 3.75. The number of hydrogen-bond acceptors (Lipinski definition) is 15. The fourth-order valence-electron chi connectivity index (χ4n) is 4.87. The summed E-state index contributed by atoms with van der Waals surface area (Å²) in [7, 11) is 8.49. The Bertz CT molecular complexity index is 1280. The Morgan fingerprint density at radius 3 is 1.86 bits per heavy atom. The predicted molar refractivity (Wildman–Crippen MR) is 174 cm³/mol. The van der Waals surface area contributed by atoms with Gasteiger partial charge in [-0.3, -0.25) is 0 Å². The lowest BCUT2D eigenvalue weighted by molar-refractivity contribution is 0.0818. The van der Waals surface area contributed by atoms with Crippen molar-refractivity contribution in [3.8, 4) is 0 Å². The van der Waals surface area contributed by atoms with Crippen molar-refractivity contribution in [2.24, 2.45) is 0 Å². The standard InChI is InChI=1S/C28H44ClN9O5S/c1-39-14-10-37(11-15-40-2)27-33-23-22(24(34-27)30-18-21-19-31-26(29)44-21)32-28(38(12-16-41-3)13-17-42-4)35-25(23)36-8-6-20(43-5)7-9-36/h19-20H,6-18H2,1-5H3,(H,30,33,34). The summed E-state index contributed by atoms with van der Waals surface area (Å²) >= 11 is 7.55. The highest BCUT2D eigenvalue weighted by atomic mass is 35.5. The molecule has 0 aromatic carbocycles. The maximum Gasteiger partial charge on any atom is 0.228 e. The summed E-state index contributed by atoms with van der Waals surface area (Å²) in [6.45, 7) is 6.44. The van der Waals surface area contributed by atoms with Crippen LogP contribution >= 0.6 is 22.9 Å². The summed E-state index contributed by atoms with van der Waals surface area (Å²) in [6, 6.07) is 0. The second-order valence-electron chi connectivity index (χ2n) is 10.2. The molecule has 16 heteroatoms. The summed E-state index contributed by atoms with van der Waals surface area (Å²) in [5.41, 5.74) is 1.29. The monoisotopic (exact) mass is 653 g/mol. The van der Waals surface area contributed by atoms with Crippen molar-refractivity contribution in [3.05, 3.63) is 15.5 Å². The molecule has 4 heterocycles. The Labute approximate surface area is 268 Å². The van der Waals surface area contributed by atoms with Gasteiger partial charge in [-0.1, -0.05) is 11.6 Å². The molecule has 0 aliphatic carbocycles. The van der Waals surface area contributed by atoms with Crippen molar-refractivity contribution in [2.45, 2.75) is 25.5 Å². The average molecular weight is 654 g/mol. The highest BCUT2D eigenvalue weighted by molar-refractivity contribution is 7.15. The molecular formula is C28H44ClN9O5S. The fourth-order valence-corrected chi connectivity index (χ4v) is 5.79. The highest BCUT2D eigenvalue weighted by Gasteiger charge is 2.27. The zero-order valence-corrected chi connectivity index (χ0v) is 27.8. The molecule has 44 heavy (non-hydrogen) atoms. The Morgan fingerprint density at radius 2 is 1.36 bits per heavy atom. The van der Waals surface area contributed by atoms with Gasteiger partial charge in [-0.2, -0.15) is 9.97 Å². The van der Waals surface area contributed by atoms with E-state index in [9.17, 15) is 0 Å². The van der Waals surface area contributed by atoms with Gasteiger partial charge >= 0.3 is 0 Å². The largest absolute Gasteiger partial charge is 0.383 e. The van der Waals surface area contributed by atoms with Crippen LogP contribution in [0.2, 0.25) is 4.47 Å². The van der Waals surface area contributed by atoms with E-state index in [1.165, 1.54) is 11.3 Å². The highest BCUT2D eigenvalue weighted by Crippen LogP contribution is 2.33. The van der Waals surface area contributed by atoms with Gasteiger partial charge in [-0.15, -0.1) is 11.3 Å². The first-order chi connectivity index (χ1) is 21.5. The average Bonchev–Trinajstić information content (AvgIpc) is 3.48. The molecule has 0 atom stereocenters. The van der Waals surface area contributed by atoms with E-state index in [0.29, 0.717) is 92.4 Å². The van der Waals surface area contributed by atoms with Crippen molar-refractivity contribution in [3.63, 3.8) is 0 Å². The van der Waals surface area contributed by atoms with E-state index in [2.05, 4.69) is 25.0 Å². The third kappa shape index (κ3) is 9.19. The number of methoxy groups -OCH3 is 5. The van der Waals surface area contributed by atoms with Gasteiger partial charge in [0.15, 0.2) is 16.1 Å². The predicted octanol–water partition coefficient (Wildman–Crippen LogP) is 2.96. The molecule has 0 saturated carbocycles. The number of hydrogen-bond donors (Lipinski definition) is 1. The van der Waals surface area contributed by atoms with E-state index in [0.717, 1.165) is 36.6 Å². The van der Waals surface area contributed by atoms with E-state index < -0.39 is 0 Å². The number of aromatic nitrogens is 5. The van der Waals surface area contributed by atoms with Gasteiger partial charge in [0.05, 0.1) is 39.1 Å². The molecular weight excluding hydrogens is 610 g/mol. The first-order valence-electron chi connectivity index (χ1n) is 14.7. The van der Waals surface area contributed by atoms with Crippen LogP contribution in [0.5, 0.6) is 0 Å². The third-order valence-corrected chi connectivity index (χ3v) is 8.47. The number of nitrogens with zero attached hydrogens (tertiary/aromatic N) is 8. The topological polar surface area (TPSA) is 132 Å². The molecule has 3 aromatic rings. The molecule has 0 unspecified atom stereocenters. The molecule has 1 N–H and O–H groups in total. The van der Waals surface area contributed by atoms with Crippen molar-refractivity contribution in [1.29, 1.82) is 0 Å². The molecule has 14 nitrogen and oxygen atoms in total. The number of nitrogens with one attached hydrogen (secondary N) is 1.